The summed E-state index contributed by atoms with van der Waals surface area (Å²) in [6.45, 7) is 2.01. The molecule has 0 saturated carbocycles. The highest BCUT2D eigenvalue weighted by Crippen LogP contribution is 2.31. The van der Waals surface area contributed by atoms with Crippen LogP contribution in [0.1, 0.15) is 5.56 Å². The monoisotopic (exact) mass is 322 g/mol. The van der Waals surface area contributed by atoms with Crippen molar-refractivity contribution in [2.45, 2.75) is 17.6 Å². The van der Waals surface area contributed by atoms with Gasteiger partial charge in [0.15, 0.2) is 0 Å². The van der Waals surface area contributed by atoms with Crippen molar-refractivity contribution in [3.05, 3.63) is 54.1 Å². The van der Waals surface area contributed by atoms with E-state index in [0.717, 1.165) is 11.3 Å². The molecule has 0 aromatic heterocycles. The van der Waals surface area contributed by atoms with E-state index in [1.807, 2.05) is 31.2 Å². The molecular weight excluding hydrogens is 306 g/mol. The maximum absolute atomic E-state index is 12.5. The number of rotatable bonds is 6. The fourth-order valence-corrected chi connectivity index (χ4v) is 2.50. The number of halogens is 2. The minimum Gasteiger partial charge on any atom is -0.376 e. The number of hydrogen-bond donors (Lipinski definition) is 2. The standard InChI is InChI=1S/C16H16F2N2OS/c1-11-6-2-3-7-12(11)19-10-15(21)20-13-8-4-5-9-14(13)22-16(17)18/h2-9,16,19H,10H2,1H3,(H,20,21). The Kier molecular flexibility index (Phi) is 5.77. The second-order valence-corrected chi connectivity index (χ2v) is 5.62. The summed E-state index contributed by atoms with van der Waals surface area (Å²) in [5.74, 6) is -2.81. The number of aryl methyl sites for hydroxylation is 1. The van der Waals surface area contributed by atoms with Crippen LogP contribution in [0.5, 0.6) is 0 Å². The lowest BCUT2D eigenvalue weighted by molar-refractivity contribution is -0.114. The number of hydrogen-bond acceptors (Lipinski definition) is 3. The van der Waals surface area contributed by atoms with Gasteiger partial charge in [0, 0.05) is 10.6 Å². The van der Waals surface area contributed by atoms with Crippen LogP contribution in [0.2, 0.25) is 0 Å². The molecule has 0 unspecified atom stereocenters. The number of alkyl halides is 2. The summed E-state index contributed by atoms with van der Waals surface area (Å²) < 4.78 is 25.0. The zero-order valence-corrected chi connectivity index (χ0v) is 12.8. The van der Waals surface area contributed by atoms with Crippen molar-refractivity contribution in [3.8, 4) is 0 Å². The molecule has 2 aromatic carbocycles. The summed E-state index contributed by atoms with van der Waals surface area (Å²) in [6.07, 6.45) is 0. The zero-order chi connectivity index (χ0) is 15.9. The molecule has 2 rings (SSSR count). The molecule has 0 fully saturated rings. The average molecular weight is 322 g/mol. The van der Waals surface area contributed by atoms with E-state index < -0.39 is 5.76 Å². The van der Waals surface area contributed by atoms with Crippen molar-refractivity contribution in [1.29, 1.82) is 0 Å². The molecular formula is C16H16F2N2OS. The Morgan fingerprint density at radius 2 is 1.73 bits per heavy atom. The lowest BCUT2D eigenvalue weighted by atomic mass is 10.2. The van der Waals surface area contributed by atoms with E-state index in [2.05, 4.69) is 10.6 Å². The predicted molar refractivity (Wildman–Crippen MR) is 86.6 cm³/mol. The fourth-order valence-electron chi connectivity index (χ4n) is 1.91. The van der Waals surface area contributed by atoms with E-state index in [4.69, 9.17) is 0 Å². The number of carbonyl (C=O) groups is 1. The van der Waals surface area contributed by atoms with Crippen LogP contribution in [0.4, 0.5) is 20.2 Å². The van der Waals surface area contributed by atoms with Gasteiger partial charge < -0.3 is 10.6 Å². The molecule has 0 atom stereocenters. The Bertz CT molecular complexity index is 650. The second-order valence-electron chi connectivity index (χ2n) is 4.59. The van der Waals surface area contributed by atoms with E-state index in [-0.39, 0.29) is 12.5 Å². The fraction of sp³-hybridized carbons (Fsp3) is 0.188. The van der Waals surface area contributed by atoms with Crippen molar-refractivity contribution in [3.63, 3.8) is 0 Å². The summed E-state index contributed by atoms with van der Waals surface area (Å²) in [6, 6.07) is 14.1. The zero-order valence-electron chi connectivity index (χ0n) is 12.0. The number of amides is 1. The normalized spacial score (nSPS) is 10.5. The Labute approximate surface area is 132 Å². The molecule has 0 heterocycles. The number of benzene rings is 2. The molecule has 0 aliphatic heterocycles. The van der Waals surface area contributed by atoms with Crippen LogP contribution in [-0.2, 0) is 4.79 Å². The van der Waals surface area contributed by atoms with Crippen molar-refractivity contribution >= 4 is 29.0 Å². The maximum atomic E-state index is 12.5. The van der Waals surface area contributed by atoms with Gasteiger partial charge in [0.2, 0.25) is 5.91 Å². The third kappa shape index (κ3) is 4.73. The van der Waals surface area contributed by atoms with Crippen LogP contribution < -0.4 is 10.6 Å². The van der Waals surface area contributed by atoms with Crippen LogP contribution in [0, 0.1) is 6.92 Å². The molecule has 0 bridgehead atoms. The smallest absolute Gasteiger partial charge is 0.288 e. The summed E-state index contributed by atoms with van der Waals surface area (Å²) in [4.78, 5) is 12.3. The second kappa shape index (κ2) is 7.79. The molecule has 3 nitrogen and oxygen atoms in total. The van der Waals surface area contributed by atoms with Crippen molar-refractivity contribution < 1.29 is 13.6 Å². The molecule has 1 amide bonds. The highest BCUT2D eigenvalue weighted by molar-refractivity contribution is 7.99. The molecule has 0 aliphatic rings. The van der Waals surface area contributed by atoms with Gasteiger partial charge in [0.1, 0.15) is 0 Å². The molecule has 2 N–H and O–H groups in total. The molecule has 0 saturated heterocycles. The Hall–Kier alpha value is -2.08. The first-order chi connectivity index (χ1) is 10.6. The highest BCUT2D eigenvalue weighted by atomic mass is 32.2. The lowest BCUT2D eigenvalue weighted by Crippen LogP contribution is -2.22. The number of para-hydroxylation sites is 2. The molecule has 22 heavy (non-hydrogen) atoms. The van der Waals surface area contributed by atoms with E-state index in [1.54, 1.807) is 24.3 Å². The topological polar surface area (TPSA) is 41.1 Å². The van der Waals surface area contributed by atoms with Gasteiger partial charge in [-0.1, -0.05) is 42.1 Å². The Balaban J connectivity index is 1.96. The molecule has 0 spiro atoms. The first kappa shape index (κ1) is 16.3. The van der Waals surface area contributed by atoms with Crippen LogP contribution in [0.25, 0.3) is 0 Å². The van der Waals surface area contributed by atoms with Gasteiger partial charge in [0.05, 0.1) is 12.2 Å². The average Bonchev–Trinajstić information content (AvgIpc) is 2.48. The number of carbonyl (C=O) groups excluding carboxylic acids is 1. The summed E-state index contributed by atoms with van der Waals surface area (Å²) in [5, 5.41) is 5.68. The molecule has 2 aromatic rings. The molecule has 0 aliphatic carbocycles. The number of nitrogens with one attached hydrogen (secondary N) is 2. The van der Waals surface area contributed by atoms with Gasteiger partial charge in [-0.05, 0) is 30.7 Å². The molecule has 0 radical (unpaired) electrons. The van der Waals surface area contributed by atoms with E-state index in [9.17, 15) is 13.6 Å². The summed E-state index contributed by atoms with van der Waals surface area (Å²) >= 11 is 0.415. The number of thioether (sulfide) groups is 1. The van der Waals surface area contributed by atoms with Gasteiger partial charge in [-0.25, -0.2) is 0 Å². The first-order valence-corrected chi connectivity index (χ1v) is 7.57. The highest BCUT2D eigenvalue weighted by Gasteiger charge is 2.11. The lowest BCUT2D eigenvalue weighted by Gasteiger charge is -2.12. The van der Waals surface area contributed by atoms with Crippen molar-refractivity contribution in [2.75, 3.05) is 17.2 Å². The molecule has 6 heteroatoms. The maximum Gasteiger partial charge on any atom is 0.288 e. The predicted octanol–water partition coefficient (Wildman–Crippen LogP) is 4.36. The Morgan fingerprint density at radius 3 is 2.41 bits per heavy atom. The van der Waals surface area contributed by atoms with E-state index in [0.29, 0.717) is 22.3 Å². The summed E-state index contributed by atoms with van der Waals surface area (Å²) in [5.41, 5.74) is 2.29. The molecule has 116 valence electrons. The van der Waals surface area contributed by atoms with E-state index >= 15 is 0 Å². The Morgan fingerprint density at radius 1 is 1.09 bits per heavy atom. The van der Waals surface area contributed by atoms with Crippen LogP contribution in [0.15, 0.2) is 53.4 Å². The van der Waals surface area contributed by atoms with E-state index in [1.165, 1.54) is 0 Å². The van der Waals surface area contributed by atoms with Gasteiger partial charge >= 0.3 is 0 Å². The van der Waals surface area contributed by atoms with Gasteiger partial charge in [-0.2, -0.15) is 8.78 Å². The minimum atomic E-state index is -2.52. The van der Waals surface area contributed by atoms with Crippen LogP contribution in [0.3, 0.4) is 0 Å². The largest absolute Gasteiger partial charge is 0.376 e. The van der Waals surface area contributed by atoms with Crippen LogP contribution >= 0.6 is 11.8 Å². The number of anilines is 2. The van der Waals surface area contributed by atoms with Crippen molar-refractivity contribution in [2.24, 2.45) is 0 Å². The summed E-state index contributed by atoms with van der Waals surface area (Å²) in [7, 11) is 0. The van der Waals surface area contributed by atoms with Gasteiger partial charge in [-0.15, -0.1) is 0 Å². The van der Waals surface area contributed by atoms with Crippen molar-refractivity contribution in [1.82, 2.24) is 0 Å². The minimum absolute atomic E-state index is 0.0680. The van der Waals surface area contributed by atoms with Gasteiger partial charge in [-0.3, -0.25) is 4.79 Å². The third-order valence-electron chi connectivity index (χ3n) is 2.96. The quantitative estimate of drug-likeness (QED) is 0.776. The third-order valence-corrected chi connectivity index (χ3v) is 3.75. The first-order valence-electron chi connectivity index (χ1n) is 6.69. The SMILES string of the molecule is Cc1ccccc1NCC(=O)Nc1ccccc1SC(F)F. The van der Waals surface area contributed by atoms with Crippen LogP contribution in [-0.4, -0.2) is 18.2 Å². The van der Waals surface area contributed by atoms with Gasteiger partial charge in [0.25, 0.3) is 5.76 Å².